The van der Waals surface area contributed by atoms with Crippen LogP contribution in [0.2, 0.25) is 0 Å². The van der Waals surface area contributed by atoms with Crippen LogP contribution < -0.4 is 0 Å². The Labute approximate surface area is 136 Å². The fraction of sp³-hybridized carbons (Fsp3) is 0.611. The number of carbonyl (C=O) groups is 2. The SMILES string of the molecule is Cc1cccc(C(=O)N2C3CCC(C3)[C@H]2C(=O)N2CCCC2)n1. The number of hydrogen-bond acceptors (Lipinski definition) is 3. The topological polar surface area (TPSA) is 53.5 Å². The van der Waals surface area contributed by atoms with E-state index in [1.165, 1.54) is 0 Å². The molecule has 2 unspecified atom stereocenters. The zero-order chi connectivity index (χ0) is 16.0. The van der Waals surface area contributed by atoms with Crippen LogP contribution >= 0.6 is 0 Å². The molecule has 2 amide bonds. The molecule has 1 aromatic heterocycles. The first kappa shape index (κ1) is 14.7. The maximum Gasteiger partial charge on any atom is 0.273 e. The van der Waals surface area contributed by atoms with E-state index in [2.05, 4.69) is 4.98 Å². The number of rotatable bonds is 2. The van der Waals surface area contributed by atoms with Gasteiger partial charge in [-0.05, 0) is 57.1 Å². The lowest BCUT2D eigenvalue weighted by Gasteiger charge is -2.36. The Morgan fingerprint density at radius 2 is 1.96 bits per heavy atom. The molecule has 3 atom stereocenters. The summed E-state index contributed by atoms with van der Waals surface area (Å²) in [6.07, 6.45) is 5.23. The summed E-state index contributed by atoms with van der Waals surface area (Å²) in [6.45, 7) is 3.58. The minimum absolute atomic E-state index is 0.0709. The van der Waals surface area contributed by atoms with Crippen LogP contribution in [0, 0.1) is 12.8 Å². The van der Waals surface area contributed by atoms with Gasteiger partial charge in [-0.3, -0.25) is 9.59 Å². The molecule has 23 heavy (non-hydrogen) atoms. The summed E-state index contributed by atoms with van der Waals surface area (Å²) < 4.78 is 0. The third-order valence-electron chi connectivity index (χ3n) is 5.60. The zero-order valence-electron chi connectivity index (χ0n) is 13.6. The molecule has 1 saturated carbocycles. The van der Waals surface area contributed by atoms with Crippen molar-refractivity contribution in [1.29, 1.82) is 0 Å². The summed E-state index contributed by atoms with van der Waals surface area (Å²) in [7, 11) is 0. The van der Waals surface area contributed by atoms with Gasteiger partial charge in [0, 0.05) is 24.8 Å². The maximum absolute atomic E-state index is 13.0. The summed E-state index contributed by atoms with van der Waals surface area (Å²) in [5, 5.41) is 0. The van der Waals surface area contributed by atoms with Gasteiger partial charge in [0.25, 0.3) is 5.91 Å². The lowest BCUT2D eigenvalue weighted by atomic mass is 9.97. The van der Waals surface area contributed by atoms with Crippen molar-refractivity contribution in [2.75, 3.05) is 13.1 Å². The molecular weight excluding hydrogens is 290 g/mol. The molecule has 0 spiro atoms. The molecule has 3 heterocycles. The molecule has 3 aliphatic rings. The summed E-state index contributed by atoms with van der Waals surface area (Å²) in [4.78, 5) is 34.2. The number of hydrogen-bond donors (Lipinski definition) is 0. The van der Waals surface area contributed by atoms with Crippen LogP contribution in [0.15, 0.2) is 18.2 Å². The number of carbonyl (C=O) groups excluding carboxylic acids is 2. The highest BCUT2D eigenvalue weighted by Gasteiger charge is 2.52. The van der Waals surface area contributed by atoms with Crippen molar-refractivity contribution in [2.24, 2.45) is 5.92 Å². The first-order valence-electron chi connectivity index (χ1n) is 8.70. The third kappa shape index (κ3) is 2.42. The molecule has 4 rings (SSSR count). The van der Waals surface area contributed by atoms with Gasteiger partial charge in [0.05, 0.1) is 0 Å². The van der Waals surface area contributed by atoms with Crippen LogP contribution in [0.25, 0.3) is 0 Å². The molecule has 122 valence electrons. The number of amides is 2. The van der Waals surface area contributed by atoms with E-state index >= 15 is 0 Å². The van der Waals surface area contributed by atoms with Gasteiger partial charge in [-0.1, -0.05) is 6.07 Å². The van der Waals surface area contributed by atoms with E-state index in [9.17, 15) is 9.59 Å². The Morgan fingerprint density at radius 3 is 2.70 bits per heavy atom. The molecule has 0 aromatic carbocycles. The second-order valence-electron chi connectivity index (χ2n) is 7.08. The van der Waals surface area contributed by atoms with Gasteiger partial charge in [0.2, 0.25) is 5.91 Å². The first-order valence-corrected chi connectivity index (χ1v) is 8.70. The standard InChI is InChI=1S/C18H23N3O2/c1-12-5-4-6-15(19-12)17(22)21-14-8-7-13(11-14)16(21)18(23)20-9-2-3-10-20/h4-6,13-14,16H,2-3,7-11H2,1H3/t13?,14?,16-/m0/s1. The van der Waals surface area contributed by atoms with Crippen molar-refractivity contribution in [2.45, 2.75) is 51.1 Å². The highest BCUT2D eigenvalue weighted by molar-refractivity contribution is 5.97. The molecule has 1 aromatic rings. The van der Waals surface area contributed by atoms with Gasteiger partial charge >= 0.3 is 0 Å². The van der Waals surface area contributed by atoms with E-state index in [1.54, 1.807) is 6.07 Å². The second-order valence-corrected chi connectivity index (χ2v) is 7.08. The average Bonchev–Trinajstić information content (AvgIpc) is 3.29. The van der Waals surface area contributed by atoms with Gasteiger partial charge in [-0.2, -0.15) is 0 Å². The Hall–Kier alpha value is -1.91. The van der Waals surface area contributed by atoms with Crippen molar-refractivity contribution >= 4 is 11.8 Å². The first-order chi connectivity index (χ1) is 11.1. The van der Waals surface area contributed by atoms with Crippen LogP contribution in [-0.2, 0) is 4.79 Å². The molecule has 1 aliphatic carbocycles. The number of likely N-dealkylation sites (tertiary alicyclic amines) is 2. The molecule has 2 aliphatic heterocycles. The number of nitrogens with zero attached hydrogens (tertiary/aromatic N) is 3. The van der Waals surface area contributed by atoms with Crippen molar-refractivity contribution < 1.29 is 9.59 Å². The van der Waals surface area contributed by atoms with Gasteiger partial charge in [-0.25, -0.2) is 4.98 Å². The van der Waals surface area contributed by atoms with Crippen LogP contribution in [0.5, 0.6) is 0 Å². The van der Waals surface area contributed by atoms with Crippen molar-refractivity contribution in [3.05, 3.63) is 29.6 Å². The van der Waals surface area contributed by atoms with Crippen LogP contribution in [-0.4, -0.2) is 51.8 Å². The Balaban J connectivity index is 1.62. The van der Waals surface area contributed by atoms with E-state index < -0.39 is 0 Å². The minimum atomic E-state index is -0.262. The fourth-order valence-electron chi connectivity index (χ4n) is 4.52. The molecule has 0 N–H and O–H groups in total. The van der Waals surface area contributed by atoms with Crippen LogP contribution in [0.4, 0.5) is 0 Å². The molecule has 2 bridgehead atoms. The number of aryl methyl sites for hydroxylation is 1. The van der Waals surface area contributed by atoms with Crippen molar-refractivity contribution in [3.63, 3.8) is 0 Å². The summed E-state index contributed by atoms with van der Waals surface area (Å²) >= 11 is 0. The van der Waals surface area contributed by atoms with Crippen LogP contribution in [0.1, 0.15) is 48.3 Å². The predicted molar refractivity (Wildman–Crippen MR) is 85.9 cm³/mol. The van der Waals surface area contributed by atoms with Gasteiger partial charge in [0.1, 0.15) is 11.7 Å². The molecule has 2 saturated heterocycles. The highest BCUT2D eigenvalue weighted by Crippen LogP contribution is 2.43. The van der Waals surface area contributed by atoms with Crippen molar-refractivity contribution in [3.8, 4) is 0 Å². The fourth-order valence-corrected chi connectivity index (χ4v) is 4.52. The third-order valence-corrected chi connectivity index (χ3v) is 5.60. The van der Waals surface area contributed by atoms with Gasteiger partial charge < -0.3 is 9.80 Å². The summed E-state index contributed by atoms with van der Waals surface area (Å²) in [5.74, 6) is 0.427. The van der Waals surface area contributed by atoms with E-state index in [-0.39, 0.29) is 23.9 Å². The summed E-state index contributed by atoms with van der Waals surface area (Å²) in [6, 6.07) is 5.47. The molecular formula is C18H23N3O2. The Bertz CT molecular complexity index is 639. The maximum atomic E-state index is 13.0. The number of fused-ring (bicyclic) bond motifs is 2. The Kier molecular flexibility index (Phi) is 3.58. The molecule has 5 nitrogen and oxygen atoms in total. The highest BCUT2D eigenvalue weighted by atomic mass is 16.2. The second kappa shape index (κ2) is 5.62. The smallest absolute Gasteiger partial charge is 0.273 e. The summed E-state index contributed by atoms with van der Waals surface area (Å²) in [5.41, 5.74) is 1.30. The quantitative estimate of drug-likeness (QED) is 0.839. The molecule has 5 heteroatoms. The number of piperidine rings is 1. The largest absolute Gasteiger partial charge is 0.341 e. The lowest BCUT2D eigenvalue weighted by molar-refractivity contribution is -0.136. The van der Waals surface area contributed by atoms with E-state index in [1.807, 2.05) is 28.9 Å². The Morgan fingerprint density at radius 1 is 1.17 bits per heavy atom. The predicted octanol–water partition coefficient (Wildman–Crippen LogP) is 2.01. The van der Waals surface area contributed by atoms with Gasteiger partial charge in [0.15, 0.2) is 0 Å². The van der Waals surface area contributed by atoms with E-state index in [0.717, 1.165) is 50.9 Å². The average molecular weight is 313 g/mol. The molecule has 0 radical (unpaired) electrons. The normalized spacial score (nSPS) is 29.3. The molecule has 3 fully saturated rings. The number of pyridine rings is 1. The lowest BCUT2D eigenvalue weighted by Crippen LogP contribution is -2.53. The van der Waals surface area contributed by atoms with E-state index in [4.69, 9.17) is 0 Å². The number of aromatic nitrogens is 1. The minimum Gasteiger partial charge on any atom is -0.341 e. The van der Waals surface area contributed by atoms with Crippen LogP contribution in [0.3, 0.4) is 0 Å². The van der Waals surface area contributed by atoms with E-state index in [0.29, 0.717) is 11.6 Å². The monoisotopic (exact) mass is 313 g/mol. The zero-order valence-corrected chi connectivity index (χ0v) is 13.6. The van der Waals surface area contributed by atoms with Crippen molar-refractivity contribution in [1.82, 2.24) is 14.8 Å². The van der Waals surface area contributed by atoms with Gasteiger partial charge in [-0.15, -0.1) is 0 Å².